The maximum Gasteiger partial charge on any atom is 0.258 e. The Bertz CT molecular complexity index is 564. The molecular weight excluding hydrogens is 267 g/mol. The molecule has 1 aromatic heterocycles. The van der Waals surface area contributed by atoms with E-state index in [1.54, 1.807) is 19.1 Å². The lowest BCUT2D eigenvalue weighted by Crippen LogP contribution is -2.09. The van der Waals surface area contributed by atoms with Gasteiger partial charge in [0.25, 0.3) is 5.56 Å². The third-order valence-electron chi connectivity index (χ3n) is 1.87. The first-order valence-electron chi connectivity index (χ1n) is 3.93. The normalized spacial score (nSPS) is 10.8. The maximum absolute atomic E-state index is 11.5. The lowest BCUT2D eigenvalue weighted by molar-refractivity contribution is 1.06. The Kier molecular flexibility index (Phi) is 2.33. The lowest BCUT2D eigenvalue weighted by atomic mass is 10.2. The molecule has 0 aliphatic heterocycles. The lowest BCUT2D eigenvalue weighted by Gasteiger charge is -2.00. The van der Waals surface area contributed by atoms with E-state index < -0.39 is 0 Å². The predicted octanol–water partition coefficient (Wildman–Crippen LogP) is 2.65. The van der Waals surface area contributed by atoms with Gasteiger partial charge in [-0.25, -0.2) is 4.98 Å². The molecule has 0 spiro atoms. The van der Waals surface area contributed by atoms with Crippen LogP contribution in [0.15, 0.2) is 21.4 Å². The second kappa shape index (κ2) is 3.37. The zero-order valence-corrected chi connectivity index (χ0v) is 9.61. The number of aromatic nitrogens is 2. The molecule has 0 bridgehead atoms. The highest BCUT2D eigenvalue weighted by atomic mass is 79.9. The molecule has 0 aliphatic carbocycles. The Morgan fingerprint density at radius 3 is 2.93 bits per heavy atom. The van der Waals surface area contributed by atoms with Gasteiger partial charge in [0, 0.05) is 4.47 Å². The minimum absolute atomic E-state index is 0.165. The van der Waals surface area contributed by atoms with Crippen LogP contribution in [0.4, 0.5) is 0 Å². The highest BCUT2D eigenvalue weighted by Crippen LogP contribution is 2.25. The van der Waals surface area contributed by atoms with Gasteiger partial charge in [0.1, 0.15) is 5.82 Å². The molecule has 0 unspecified atom stereocenters. The summed E-state index contributed by atoms with van der Waals surface area (Å²) in [6.45, 7) is 1.74. The number of rotatable bonds is 0. The molecule has 3 nitrogen and oxygen atoms in total. The molecule has 14 heavy (non-hydrogen) atoms. The molecule has 1 N–H and O–H groups in total. The number of halogens is 2. The van der Waals surface area contributed by atoms with Crippen LogP contribution < -0.4 is 5.56 Å². The molecule has 0 amide bonds. The van der Waals surface area contributed by atoms with Crippen molar-refractivity contribution in [3.63, 3.8) is 0 Å². The van der Waals surface area contributed by atoms with E-state index in [1.807, 2.05) is 0 Å². The van der Waals surface area contributed by atoms with Crippen LogP contribution in [0.3, 0.4) is 0 Å². The van der Waals surface area contributed by atoms with Gasteiger partial charge in [-0.3, -0.25) is 4.79 Å². The van der Waals surface area contributed by atoms with Gasteiger partial charge in [0.05, 0.1) is 15.9 Å². The van der Waals surface area contributed by atoms with Crippen molar-refractivity contribution < 1.29 is 0 Å². The Labute approximate surface area is 93.2 Å². The first-order chi connectivity index (χ1) is 6.58. The Hall–Kier alpha value is -0.870. The van der Waals surface area contributed by atoms with Crippen molar-refractivity contribution >= 4 is 38.4 Å². The predicted molar refractivity (Wildman–Crippen MR) is 59.8 cm³/mol. The van der Waals surface area contributed by atoms with Crippen LogP contribution in [0, 0.1) is 6.92 Å². The molecule has 1 heterocycles. The fourth-order valence-corrected chi connectivity index (χ4v) is 1.75. The number of nitrogens with zero attached hydrogens (tertiary/aromatic N) is 1. The largest absolute Gasteiger partial charge is 0.310 e. The highest BCUT2D eigenvalue weighted by molar-refractivity contribution is 9.10. The summed E-state index contributed by atoms with van der Waals surface area (Å²) >= 11 is 9.15. The molecular formula is C9H6BrClN2O. The number of aromatic amines is 1. The second-order valence-corrected chi connectivity index (χ2v) is 4.20. The van der Waals surface area contributed by atoms with Gasteiger partial charge in [-0.05, 0) is 35.0 Å². The van der Waals surface area contributed by atoms with Crippen LogP contribution in [-0.2, 0) is 0 Å². The Balaban J connectivity index is 2.96. The quantitative estimate of drug-likeness (QED) is 0.802. The van der Waals surface area contributed by atoms with Crippen molar-refractivity contribution in [2.45, 2.75) is 6.92 Å². The topological polar surface area (TPSA) is 45.8 Å². The van der Waals surface area contributed by atoms with E-state index in [1.165, 1.54) is 0 Å². The minimum Gasteiger partial charge on any atom is -0.310 e. The van der Waals surface area contributed by atoms with Gasteiger partial charge >= 0.3 is 0 Å². The van der Waals surface area contributed by atoms with Gasteiger partial charge in [-0.2, -0.15) is 0 Å². The summed E-state index contributed by atoms with van der Waals surface area (Å²) in [4.78, 5) is 18.3. The van der Waals surface area contributed by atoms with Crippen molar-refractivity contribution in [3.05, 3.63) is 37.8 Å². The summed E-state index contributed by atoms with van der Waals surface area (Å²) in [5.74, 6) is 0.594. The van der Waals surface area contributed by atoms with E-state index in [0.29, 0.717) is 21.7 Å². The summed E-state index contributed by atoms with van der Waals surface area (Å²) in [6, 6.07) is 3.34. The molecule has 1 aromatic carbocycles. The van der Waals surface area contributed by atoms with Crippen LogP contribution >= 0.6 is 27.5 Å². The standard InChI is InChI=1S/C9H6BrClN2O/c1-4-12-8-3-6(10)7(11)2-5(8)9(14)13-4/h2-3H,1H3,(H,12,13,14). The zero-order chi connectivity index (χ0) is 10.3. The molecule has 2 aromatic rings. The average Bonchev–Trinajstić information content (AvgIpc) is 2.08. The number of fused-ring (bicyclic) bond motifs is 1. The third-order valence-corrected chi connectivity index (χ3v) is 3.06. The molecule has 5 heteroatoms. The van der Waals surface area contributed by atoms with E-state index in [9.17, 15) is 4.79 Å². The molecule has 0 saturated carbocycles. The second-order valence-electron chi connectivity index (χ2n) is 2.93. The van der Waals surface area contributed by atoms with Crippen LogP contribution in [0.5, 0.6) is 0 Å². The van der Waals surface area contributed by atoms with Crippen molar-refractivity contribution in [3.8, 4) is 0 Å². The van der Waals surface area contributed by atoms with E-state index in [2.05, 4.69) is 25.9 Å². The molecule has 0 saturated heterocycles. The summed E-state index contributed by atoms with van der Waals surface area (Å²) in [5.41, 5.74) is 0.476. The summed E-state index contributed by atoms with van der Waals surface area (Å²) in [5, 5.41) is 1.01. The number of H-pyrrole nitrogens is 1. The van der Waals surface area contributed by atoms with Crippen LogP contribution in [0.25, 0.3) is 10.9 Å². The van der Waals surface area contributed by atoms with E-state index in [4.69, 9.17) is 11.6 Å². The van der Waals surface area contributed by atoms with Crippen LogP contribution in [0.2, 0.25) is 5.02 Å². The Morgan fingerprint density at radius 1 is 1.50 bits per heavy atom. The first-order valence-corrected chi connectivity index (χ1v) is 5.10. The minimum atomic E-state index is -0.165. The van der Waals surface area contributed by atoms with Crippen LogP contribution in [-0.4, -0.2) is 9.97 Å². The van der Waals surface area contributed by atoms with E-state index in [-0.39, 0.29) is 5.56 Å². The molecule has 0 radical (unpaired) electrons. The molecule has 72 valence electrons. The first kappa shape index (κ1) is 9.68. The number of benzene rings is 1. The highest BCUT2D eigenvalue weighted by Gasteiger charge is 2.05. The van der Waals surface area contributed by atoms with E-state index in [0.717, 1.165) is 4.47 Å². The van der Waals surface area contributed by atoms with Gasteiger partial charge in [0.2, 0.25) is 0 Å². The van der Waals surface area contributed by atoms with Crippen molar-refractivity contribution in [1.82, 2.24) is 9.97 Å². The number of nitrogens with one attached hydrogen (secondary N) is 1. The SMILES string of the molecule is Cc1nc2cc(Br)c(Cl)cc2c(=O)[nH]1. The van der Waals surface area contributed by atoms with Gasteiger partial charge in [0.15, 0.2) is 0 Å². The van der Waals surface area contributed by atoms with Crippen molar-refractivity contribution in [2.75, 3.05) is 0 Å². The molecule has 0 fully saturated rings. The van der Waals surface area contributed by atoms with Gasteiger partial charge < -0.3 is 4.98 Å². The fraction of sp³-hybridized carbons (Fsp3) is 0.111. The number of hydrogen-bond donors (Lipinski definition) is 1. The van der Waals surface area contributed by atoms with Gasteiger partial charge in [-0.15, -0.1) is 0 Å². The third kappa shape index (κ3) is 1.55. The van der Waals surface area contributed by atoms with E-state index >= 15 is 0 Å². The zero-order valence-electron chi connectivity index (χ0n) is 7.27. The van der Waals surface area contributed by atoms with Crippen LogP contribution in [0.1, 0.15) is 5.82 Å². The maximum atomic E-state index is 11.5. The number of hydrogen-bond acceptors (Lipinski definition) is 2. The fourth-order valence-electron chi connectivity index (χ4n) is 1.25. The van der Waals surface area contributed by atoms with Gasteiger partial charge in [-0.1, -0.05) is 11.6 Å². The monoisotopic (exact) mass is 272 g/mol. The molecule has 0 atom stereocenters. The summed E-state index contributed by atoms with van der Waals surface area (Å²) in [7, 11) is 0. The summed E-state index contributed by atoms with van der Waals surface area (Å²) < 4.78 is 0.740. The molecule has 2 rings (SSSR count). The summed E-state index contributed by atoms with van der Waals surface area (Å²) in [6.07, 6.45) is 0. The number of aryl methyl sites for hydroxylation is 1. The molecule has 0 aliphatic rings. The Morgan fingerprint density at radius 2 is 2.21 bits per heavy atom. The van der Waals surface area contributed by atoms with Crippen molar-refractivity contribution in [2.24, 2.45) is 0 Å². The van der Waals surface area contributed by atoms with Crippen molar-refractivity contribution in [1.29, 1.82) is 0 Å². The smallest absolute Gasteiger partial charge is 0.258 e. The average molecular weight is 274 g/mol.